The van der Waals surface area contributed by atoms with Gasteiger partial charge in [-0.15, -0.1) is 0 Å². The number of pyridine rings is 1. The Labute approximate surface area is 277 Å². The normalized spacial score (nSPS) is 25.0. The Balaban J connectivity index is 1.57. The molecule has 0 bridgehead atoms. The van der Waals surface area contributed by atoms with Crippen LogP contribution < -0.4 is 5.32 Å². The highest BCUT2D eigenvalue weighted by Gasteiger charge is 2.62. The number of azide groups is 1. The van der Waals surface area contributed by atoms with Crippen LogP contribution in [0.3, 0.4) is 0 Å². The van der Waals surface area contributed by atoms with Gasteiger partial charge in [-0.05, 0) is 46.8 Å². The van der Waals surface area contributed by atoms with Crippen molar-refractivity contribution in [1.29, 1.82) is 0 Å². The fourth-order valence-electron chi connectivity index (χ4n) is 6.95. The second-order valence-corrected chi connectivity index (χ2v) is 22.8. The maximum absolute atomic E-state index is 14.6. The highest BCUT2D eigenvalue weighted by Crippen LogP contribution is 2.49. The highest BCUT2D eigenvalue weighted by atomic mass is 35.5. The van der Waals surface area contributed by atoms with Crippen LogP contribution in [0.1, 0.15) is 80.1 Å². The molecule has 1 unspecified atom stereocenters. The number of nitrogens with zero attached hydrogens (tertiary/aromatic N) is 6. The average Bonchev–Trinajstić information content (AvgIpc) is 3.53. The number of hydrogen-bond acceptors (Lipinski definition) is 8. The van der Waals surface area contributed by atoms with Gasteiger partial charge >= 0.3 is 17.1 Å². The van der Waals surface area contributed by atoms with Gasteiger partial charge in [0.1, 0.15) is 23.1 Å². The monoisotopic (exact) mass is 689 g/mol. The summed E-state index contributed by atoms with van der Waals surface area (Å²) in [6, 6.07) is 7.13. The lowest BCUT2D eigenvalue weighted by Gasteiger charge is -2.51. The van der Waals surface area contributed by atoms with Crippen molar-refractivity contribution in [2.45, 2.75) is 115 Å². The summed E-state index contributed by atoms with van der Waals surface area (Å²) in [7, 11) is -5.82. The van der Waals surface area contributed by atoms with E-state index in [2.05, 4.69) is 80.8 Å². The molecule has 1 aromatic carbocycles. The molecule has 11 nitrogen and oxygen atoms in total. The Kier molecular flexibility index (Phi) is 10.2. The quantitative estimate of drug-likeness (QED) is 0.0781. The van der Waals surface area contributed by atoms with Gasteiger partial charge in [0.2, 0.25) is 0 Å². The third-order valence-electron chi connectivity index (χ3n) is 9.35. The third-order valence-corrected chi connectivity index (χ3v) is 19.8. The zero-order valence-corrected chi connectivity index (χ0v) is 30.7. The van der Waals surface area contributed by atoms with Crippen LogP contribution in [0.25, 0.3) is 21.5 Å². The van der Waals surface area contributed by atoms with Crippen molar-refractivity contribution in [2.75, 3.05) is 11.9 Å². The predicted octanol–water partition coefficient (Wildman–Crippen LogP) is 8.93. The summed E-state index contributed by atoms with van der Waals surface area (Å²) in [6.07, 6.45) is -0.382. The lowest BCUT2D eigenvalue weighted by molar-refractivity contribution is -0.0577. The van der Waals surface area contributed by atoms with Crippen LogP contribution in [0.5, 0.6) is 0 Å². The first-order valence-electron chi connectivity index (χ1n) is 16.0. The van der Waals surface area contributed by atoms with Gasteiger partial charge in [-0.2, -0.15) is 5.10 Å². The summed E-state index contributed by atoms with van der Waals surface area (Å²) >= 11 is 6.54. The van der Waals surface area contributed by atoms with E-state index in [0.29, 0.717) is 22.3 Å². The molecule has 250 valence electrons. The van der Waals surface area contributed by atoms with Gasteiger partial charge in [-0.1, -0.05) is 90.3 Å². The number of aromatic nitrogens is 3. The summed E-state index contributed by atoms with van der Waals surface area (Å²) in [5.41, 5.74) is 11.8. The van der Waals surface area contributed by atoms with Gasteiger partial charge in [0.25, 0.3) is 0 Å². The highest BCUT2D eigenvalue weighted by molar-refractivity contribution is 6.84. The molecular weight excluding hydrogens is 645 g/mol. The lowest BCUT2D eigenvalue weighted by Crippen LogP contribution is -2.65. The molecule has 15 heteroatoms. The van der Waals surface area contributed by atoms with Gasteiger partial charge in [-0.3, -0.25) is 0 Å². The van der Waals surface area contributed by atoms with Crippen molar-refractivity contribution in [1.82, 2.24) is 14.8 Å². The first-order valence-corrected chi connectivity index (χ1v) is 20.3. The number of fused-ring (bicyclic) bond motifs is 2. The van der Waals surface area contributed by atoms with Crippen LogP contribution >= 0.6 is 11.6 Å². The standard InChI is InChI=1S/C31H45ClFN7O4Si2/c1-17(2)45(18(3)4)41-16-26-29(43-46(44-45,19(5)6)20(7)8)28(38-39-34)31(42-26)40-30-23(15-35-40)25(14-27(32)37-30)36-21(9)22-12-10-11-13-24(22)33/h10-15,17-21,26,28-29,31H,16H2,1-9H3,(H,36,37)/t21-,26+,28+,29?,31+/m0/s1. The van der Waals surface area contributed by atoms with Crippen molar-refractivity contribution in [3.63, 3.8) is 0 Å². The molecule has 4 heterocycles. The van der Waals surface area contributed by atoms with Gasteiger partial charge < -0.3 is 23.0 Å². The van der Waals surface area contributed by atoms with E-state index in [1.54, 1.807) is 35.1 Å². The van der Waals surface area contributed by atoms with E-state index in [1.807, 2.05) is 6.92 Å². The summed E-state index contributed by atoms with van der Waals surface area (Å²) in [4.78, 5) is 7.81. The average molecular weight is 690 g/mol. The minimum Gasteiger partial charge on any atom is -0.414 e. The van der Waals surface area contributed by atoms with Crippen molar-refractivity contribution < 1.29 is 22.1 Å². The van der Waals surface area contributed by atoms with Gasteiger partial charge in [0.15, 0.2) is 11.9 Å². The van der Waals surface area contributed by atoms with E-state index in [4.69, 9.17) is 29.3 Å². The second-order valence-electron chi connectivity index (χ2n) is 13.5. The largest absolute Gasteiger partial charge is 0.414 e. The molecule has 2 fully saturated rings. The molecule has 2 aliphatic rings. The van der Waals surface area contributed by atoms with Gasteiger partial charge in [0, 0.05) is 10.5 Å². The Bertz CT molecular complexity index is 1590. The van der Waals surface area contributed by atoms with Crippen molar-refractivity contribution >= 4 is 45.4 Å². The number of halogens is 2. The molecule has 2 aliphatic heterocycles. The second kappa shape index (κ2) is 13.5. The molecule has 5 rings (SSSR count). The fraction of sp³-hybridized carbons (Fsp3) is 0.613. The van der Waals surface area contributed by atoms with Crippen LogP contribution in [0, 0.1) is 5.82 Å². The Morgan fingerprint density at radius 2 is 1.70 bits per heavy atom. The van der Waals surface area contributed by atoms with Crippen molar-refractivity contribution in [3.05, 3.63) is 63.5 Å². The van der Waals surface area contributed by atoms with Crippen LogP contribution in [0.4, 0.5) is 10.1 Å². The van der Waals surface area contributed by atoms with Crippen LogP contribution in [0.15, 0.2) is 41.6 Å². The van der Waals surface area contributed by atoms with E-state index in [1.165, 1.54) is 6.07 Å². The van der Waals surface area contributed by atoms with E-state index in [-0.39, 0.29) is 45.8 Å². The first-order chi connectivity index (χ1) is 21.8. The molecule has 0 aliphatic carbocycles. The SMILES string of the molecule is CC(C)[Si]1(C(C)C)OC[C@H]2O[C@@H](n3ncc4c(N[C@@H](C)c5ccccc5F)cc(Cl)nc43)[C@H](N=[N+]=[N-])C2O[Si](C(C)C)(C(C)C)O1. The van der Waals surface area contributed by atoms with E-state index in [9.17, 15) is 9.92 Å². The predicted molar refractivity (Wildman–Crippen MR) is 182 cm³/mol. The molecule has 0 spiro atoms. The molecule has 5 atom stereocenters. The minimum absolute atomic E-state index is 0.0843. The maximum atomic E-state index is 14.6. The molecule has 3 aromatic rings. The number of benzene rings is 1. The van der Waals surface area contributed by atoms with E-state index < -0.39 is 41.6 Å². The van der Waals surface area contributed by atoms with E-state index >= 15 is 0 Å². The molecule has 46 heavy (non-hydrogen) atoms. The summed E-state index contributed by atoms with van der Waals surface area (Å²) in [5.74, 6) is -0.309. The molecule has 0 saturated carbocycles. The van der Waals surface area contributed by atoms with Crippen LogP contribution in [-0.2, 0) is 17.7 Å². The number of rotatable bonds is 9. The van der Waals surface area contributed by atoms with E-state index in [0.717, 1.165) is 0 Å². The number of ether oxygens (including phenoxy) is 1. The lowest BCUT2D eigenvalue weighted by atomic mass is 10.1. The van der Waals surface area contributed by atoms with Crippen LogP contribution in [-0.4, -0.2) is 56.7 Å². The molecule has 0 radical (unpaired) electrons. The molecule has 0 amide bonds. The number of hydrogen-bond donors (Lipinski definition) is 1. The summed E-state index contributed by atoms with van der Waals surface area (Å²) in [5, 5.41) is 13.1. The molecule has 1 N–H and O–H groups in total. The number of nitrogens with one attached hydrogen (secondary N) is 1. The smallest absolute Gasteiger partial charge is 0.335 e. The zero-order valence-electron chi connectivity index (χ0n) is 27.9. The minimum atomic E-state index is -3.01. The summed E-state index contributed by atoms with van der Waals surface area (Å²) in [6.45, 7) is 19.3. The maximum Gasteiger partial charge on any atom is 0.335 e. The Morgan fingerprint density at radius 3 is 2.30 bits per heavy atom. The van der Waals surface area contributed by atoms with Crippen molar-refractivity contribution in [2.24, 2.45) is 5.11 Å². The third kappa shape index (κ3) is 6.10. The molecule has 2 aromatic heterocycles. The van der Waals surface area contributed by atoms with Gasteiger partial charge in [-0.25, -0.2) is 14.1 Å². The topological polar surface area (TPSA) is 128 Å². The van der Waals surface area contributed by atoms with Gasteiger partial charge in [0.05, 0.1) is 36.0 Å². The molecular formula is C31H45ClFN7O4Si2. The van der Waals surface area contributed by atoms with Crippen LogP contribution in [0.2, 0.25) is 27.3 Å². The summed E-state index contributed by atoms with van der Waals surface area (Å²) < 4.78 is 44.3. The fourth-order valence-corrected chi connectivity index (χ4v) is 18.4. The van der Waals surface area contributed by atoms with Crippen molar-refractivity contribution in [3.8, 4) is 0 Å². The Morgan fingerprint density at radius 1 is 1.04 bits per heavy atom. The Hall–Kier alpha value is -2.56. The zero-order chi connectivity index (χ0) is 33.6. The molecule has 2 saturated heterocycles. The number of anilines is 1. The first kappa shape index (κ1) is 34.8.